The van der Waals surface area contributed by atoms with Gasteiger partial charge in [0.15, 0.2) is 0 Å². The highest BCUT2D eigenvalue weighted by atomic mass is 19.3. The molecule has 2 fully saturated rings. The number of hydrogen-bond acceptors (Lipinski definition) is 4. The van der Waals surface area contributed by atoms with Gasteiger partial charge >= 0.3 is 0 Å². The molecule has 2 aliphatic carbocycles. The van der Waals surface area contributed by atoms with E-state index in [1.54, 1.807) is 12.3 Å². The molecule has 2 aromatic heterocycles. The Labute approximate surface area is 149 Å². The minimum atomic E-state index is -2.75. The lowest BCUT2D eigenvalue weighted by Gasteiger charge is -2.35. The van der Waals surface area contributed by atoms with Crippen molar-refractivity contribution in [2.45, 2.75) is 62.5 Å². The van der Waals surface area contributed by atoms with Gasteiger partial charge in [-0.2, -0.15) is 0 Å². The van der Waals surface area contributed by atoms with E-state index < -0.39 is 12.0 Å². The lowest BCUT2D eigenvalue weighted by Crippen LogP contribution is -2.46. The Hall–Kier alpha value is -2.15. The second-order valence-electron chi connectivity index (χ2n) is 7.45. The van der Waals surface area contributed by atoms with Crippen LogP contribution in [0.3, 0.4) is 0 Å². The standard InChI is InChI=1S/C19H21F2N3O2/c20-18(21)19(26)5-3-14(4-6-19)24-17(25)13-7-12-9-22-15(11-1-2-11)8-16(12)23-10-13/h7-11,14,18,26H,1-6H2,(H,24,25). The zero-order valence-electron chi connectivity index (χ0n) is 14.3. The molecule has 7 heteroatoms. The Morgan fingerprint density at radius 3 is 2.54 bits per heavy atom. The fraction of sp³-hybridized carbons (Fsp3) is 0.526. The molecule has 0 aromatic carbocycles. The van der Waals surface area contributed by atoms with Crippen molar-refractivity contribution in [2.24, 2.45) is 0 Å². The predicted octanol–water partition coefficient (Wildman–Crippen LogP) is 3.18. The Balaban J connectivity index is 1.42. The first kappa shape index (κ1) is 17.3. The molecule has 5 nitrogen and oxygen atoms in total. The molecule has 138 valence electrons. The molecule has 0 radical (unpaired) electrons. The number of aliphatic hydroxyl groups is 1. The Morgan fingerprint density at radius 2 is 1.88 bits per heavy atom. The first-order valence-electron chi connectivity index (χ1n) is 9.02. The van der Waals surface area contributed by atoms with Gasteiger partial charge in [0.05, 0.1) is 11.1 Å². The van der Waals surface area contributed by atoms with Crippen molar-refractivity contribution in [3.05, 3.63) is 35.8 Å². The largest absolute Gasteiger partial charge is 0.384 e. The molecule has 0 saturated heterocycles. The third-order valence-electron chi connectivity index (χ3n) is 5.44. The summed E-state index contributed by atoms with van der Waals surface area (Å²) in [4.78, 5) is 21.3. The molecule has 4 rings (SSSR count). The summed E-state index contributed by atoms with van der Waals surface area (Å²) in [7, 11) is 0. The molecule has 2 N–H and O–H groups in total. The molecule has 2 aromatic rings. The lowest BCUT2D eigenvalue weighted by molar-refractivity contribution is -0.119. The van der Waals surface area contributed by atoms with Gasteiger partial charge in [-0.15, -0.1) is 0 Å². The number of rotatable bonds is 4. The van der Waals surface area contributed by atoms with E-state index in [0.717, 1.165) is 16.6 Å². The number of carbonyl (C=O) groups excluding carboxylic acids is 1. The monoisotopic (exact) mass is 361 g/mol. The molecule has 26 heavy (non-hydrogen) atoms. The molecule has 0 spiro atoms. The highest BCUT2D eigenvalue weighted by Gasteiger charge is 2.41. The zero-order chi connectivity index (χ0) is 18.3. The molecular formula is C19H21F2N3O2. The van der Waals surface area contributed by atoms with Gasteiger partial charge in [-0.3, -0.25) is 14.8 Å². The van der Waals surface area contributed by atoms with Crippen LogP contribution in [-0.4, -0.2) is 39.1 Å². The normalized spacial score (nSPS) is 26.2. The summed E-state index contributed by atoms with van der Waals surface area (Å²) in [6, 6.07) is 3.51. The molecule has 0 bridgehead atoms. The maximum Gasteiger partial charge on any atom is 0.266 e. The van der Waals surface area contributed by atoms with E-state index in [9.17, 15) is 18.7 Å². The lowest BCUT2D eigenvalue weighted by atomic mass is 9.82. The maximum atomic E-state index is 12.8. The number of hydrogen-bond donors (Lipinski definition) is 2. The number of halogens is 2. The van der Waals surface area contributed by atoms with Crippen molar-refractivity contribution in [3.8, 4) is 0 Å². The summed E-state index contributed by atoms with van der Waals surface area (Å²) < 4.78 is 25.7. The SMILES string of the molecule is O=C(NC1CCC(O)(C(F)F)CC1)c1cnc2cc(C3CC3)ncc2c1. The minimum Gasteiger partial charge on any atom is -0.384 e. The molecule has 0 unspecified atom stereocenters. The van der Waals surface area contributed by atoms with Gasteiger partial charge in [-0.25, -0.2) is 8.78 Å². The van der Waals surface area contributed by atoms with Crippen LogP contribution < -0.4 is 5.32 Å². The van der Waals surface area contributed by atoms with Gasteiger partial charge in [0.25, 0.3) is 12.3 Å². The van der Waals surface area contributed by atoms with Crippen molar-refractivity contribution in [1.29, 1.82) is 0 Å². The van der Waals surface area contributed by atoms with Gasteiger partial charge in [0, 0.05) is 35.4 Å². The number of fused-ring (bicyclic) bond motifs is 1. The summed E-state index contributed by atoms with van der Waals surface area (Å²) >= 11 is 0. The molecule has 1 amide bonds. The molecule has 0 atom stereocenters. The predicted molar refractivity (Wildman–Crippen MR) is 92.2 cm³/mol. The number of nitrogens with zero attached hydrogens (tertiary/aromatic N) is 2. The van der Waals surface area contributed by atoms with Crippen LogP contribution in [0.25, 0.3) is 10.9 Å². The Morgan fingerprint density at radius 1 is 1.15 bits per heavy atom. The van der Waals surface area contributed by atoms with Crippen LogP contribution in [0, 0.1) is 0 Å². The van der Waals surface area contributed by atoms with Crippen LogP contribution in [-0.2, 0) is 0 Å². The van der Waals surface area contributed by atoms with E-state index in [0.29, 0.717) is 24.3 Å². The Kier molecular flexibility index (Phi) is 4.34. The quantitative estimate of drug-likeness (QED) is 0.877. The molecule has 2 heterocycles. The van der Waals surface area contributed by atoms with Gasteiger partial charge in [-0.1, -0.05) is 0 Å². The van der Waals surface area contributed by atoms with E-state index in [1.807, 2.05) is 6.07 Å². The first-order valence-corrected chi connectivity index (χ1v) is 9.02. The second-order valence-corrected chi connectivity index (χ2v) is 7.45. The van der Waals surface area contributed by atoms with Crippen LogP contribution in [0.4, 0.5) is 8.78 Å². The van der Waals surface area contributed by atoms with Gasteiger partial charge in [0.1, 0.15) is 5.60 Å². The van der Waals surface area contributed by atoms with Gasteiger partial charge < -0.3 is 10.4 Å². The number of amides is 1. The summed E-state index contributed by atoms with van der Waals surface area (Å²) in [5, 5.41) is 13.5. The van der Waals surface area contributed by atoms with Crippen LogP contribution in [0.1, 0.15) is 60.5 Å². The van der Waals surface area contributed by atoms with Crippen LogP contribution in [0.15, 0.2) is 24.5 Å². The fourth-order valence-corrected chi connectivity index (χ4v) is 3.51. The van der Waals surface area contributed by atoms with E-state index in [2.05, 4.69) is 15.3 Å². The fourth-order valence-electron chi connectivity index (χ4n) is 3.51. The minimum absolute atomic E-state index is 0.0144. The van der Waals surface area contributed by atoms with E-state index in [4.69, 9.17) is 0 Å². The Bertz CT molecular complexity index is 831. The number of alkyl halides is 2. The second kappa shape index (κ2) is 6.54. The molecular weight excluding hydrogens is 340 g/mol. The van der Waals surface area contributed by atoms with Crippen LogP contribution in [0.5, 0.6) is 0 Å². The van der Waals surface area contributed by atoms with Crippen LogP contribution >= 0.6 is 0 Å². The highest BCUT2D eigenvalue weighted by Crippen LogP contribution is 2.39. The smallest absolute Gasteiger partial charge is 0.266 e. The number of aromatic nitrogens is 2. The van der Waals surface area contributed by atoms with E-state index in [1.165, 1.54) is 19.0 Å². The number of nitrogens with one attached hydrogen (secondary N) is 1. The summed E-state index contributed by atoms with van der Waals surface area (Å²) in [6.07, 6.45) is 3.50. The maximum absolute atomic E-state index is 12.8. The van der Waals surface area contributed by atoms with Crippen molar-refractivity contribution < 1.29 is 18.7 Å². The van der Waals surface area contributed by atoms with Crippen LogP contribution in [0.2, 0.25) is 0 Å². The third-order valence-corrected chi connectivity index (χ3v) is 5.44. The molecule has 2 saturated carbocycles. The van der Waals surface area contributed by atoms with Crippen molar-refractivity contribution >= 4 is 16.8 Å². The summed E-state index contributed by atoms with van der Waals surface area (Å²) in [5.74, 6) is 0.264. The average Bonchev–Trinajstić information content (AvgIpc) is 3.48. The average molecular weight is 361 g/mol. The number of pyridine rings is 2. The van der Waals surface area contributed by atoms with Crippen molar-refractivity contribution in [1.82, 2.24) is 15.3 Å². The topological polar surface area (TPSA) is 75.1 Å². The van der Waals surface area contributed by atoms with Gasteiger partial charge in [-0.05, 0) is 50.7 Å². The van der Waals surface area contributed by atoms with Crippen molar-refractivity contribution in [3.63, 3.8) is 0 Å². The third kappa shape index (κ3) is 3.40. The van der Waals surface area contributed by atoms with Gasteiger partial charge in [0.2, 0.25) is 0 Å². The molecule has 2 aliphatic rings. The zero-order valence-corrected chi connectivity index (χ0v) is 14.3. The number of carbonyl (C=O) groups is 1. The summed E-state index contributed by atoms with van der Waals surface area (Å²) in [6.45, 7) is 0. The van der Waals surface area contributed by atoms with E-state index in [-0.39, 0.29) is 24.8 Å². The first-order chi connectivity index (χ1) is 12.4. The highest BCUT2D eigenvalue weighted by molar-refractivity contribution is 5.97. The van der Waals surface area contributed by atoms with Crippen molar-refractivity contribution in [2.75, 3.05) is 0 Å². The molecule has 0 aliphatic heterocycles. The summed E-state index contributed by atoms with van der Waals surface area (Å²) in [5.41, 5.74) is 0.374. The van der Waals surface area contributed by atoms with E-state index >= 15 is 0 Å².